The zero-order valence-corrected chi connectivity index (χ0v) is 19.8. The highest BCUT2D eigenvalue weighted by molar-refractivity contribution is 7.89. The molecule has 1 aromatic carbocycles. The van der Waals surface area contributed by atoms with Gasteiger partial charge in [0.15, 0.2) is 5.82 Å². The van der Waals surface area contributed by atoms with Gasteiger partial charge in [-0.2, -0.15) is 4.31 Å². The number of fused-ring (bicyclic) bond motifs is 1. The van der Waals surface area contributed by atoms with Gasteiger partial charge in [0.1, 0.15) is 15.9 Å². The van der Waals surface area contributed by atoms with Gasteiger partial charge in [-0.3, -0.25) is 9.69 Å². The number of anilines is 1. The minimum atomic E-state index is -3.93. The highest BCUT2D eigenvalue weighted by Gasteiger charge is 2.58. The van der Waals surface area contributed by atoms with Crippen molar-refractivity contribution in [3.05, 3.63) is 52.9 Å². The van der Waals surface area contributed by atoms with Crippen LogP contribution in [-0.2, 0) is 10.0 Å². The summed E-state index contributed by atoms with van der Waals surface area (Å²) in [4.78, 5) is 31.7. The number of amides is 2. The maximum atomic E-state index is 14.0. The number of hydrogen-bond acceptors (Lipinski definition) is 5. The van der Waals surface area contributed by atoms with Gasteiger partial charge in [0.2, 0.25) is 10.0 Å². The Morgan fingerprint density at radius 2 is 1.88 bits per heavy atom. The second-order valence-corrected chi connectivity index (χ2v) is 11.5. The van der Waals surface area contributed by atoms with Crippen molar-refractivity contribution < 1.29 is 27.5 Å². The van der Waals surface area contributed by atoms with Crippen LogP contribution >= 0.6 is 11.6 Å². The molecule has 3 heterocycles. The molecule has 1 N–H and O–H groups in total. The largest absolute Gasteiger partial charge is 0.465 e. The Kier molecular flexibility index (Phi) is 5.34. The molecule has 0 radical (unpaired) electrons. The SMILES string of the molecule is C[C@@H]1CN(C(=O)O)c2nc(Cl)ccc2C(=O)N1C1CC2(C1)CN(S(=O)(=O)c1ccccc1F)C2. The summed E-state index contributed by atoms with van der Waals surface area (Å²) in [6, 6.07) is 7.64. The summed E-state index contributed by atoms with van der Waals surface area (Å²) < 4.78 is 40.9. The van der Waals surface area contributed by atoms with Crippen LogP contribution < -0.4 is 4.90 Å². The molecule has 12 heteroatoms. The molecule has 2 fully saturated rings. The number of sulfonamides is 1. The van der Waals surface area contributed by atoms with E-state index in [4.69, 9.17) is 11.6 Å². The Balaban J connectivity index is 1.33. The number of aromatic nitrogens is 1. The second kappa shape index (κ2) is 7.89. The Hall–Kier alpha value is -2.76. The van der Waals surface area contributed by atoms with E-state index in [0.717, 1.165) is 11.0 Å². The molecular formula is C22H22ClFN4O5S. The number of pyridine rings is 1. The van der Waals surface area contributed by atoms with Crippen LogP contribution in [0.4, 0.5) is 15.0 Å². The van der Waals surface area contributed by atoms with Crippen molar-refractivity contribution in [2.45, 2.75) is 36.7 Å². The summed E-state index contributed by atoms with van der Waals surface area (Å²) >= 11 is 5.96. The van der Waals surface area contributed by atoms with Crippen molar-refractivity contribution in [3.63, 3.8) is 0 Å². The molecule has 1 atom stereocenters. The number of hydrogen-bond donors (Lipinski definition) is 1. The summed E-state index contributed by atoms with van der Waals surface area (Å²) in [7, 11) is -3.93. The van der Waals surface area contributed by atoms with Crippen LogP contribution in [0.1, 0.15) is 30.1 Å². The van der Waals surface area contributed by atoms with Gasteiger partial charge in [-0.1, -0.05) is 23.7 Å². The summed E-state index contributed by atoms with van der Waals surface area (Å²) in [5, 5.41) is 9.76. The molecule has 9 nitrogen and oxygen atoms in total. The van der Waals surface area contributed by atoms with Gasteiger partial charge in [0, 0.05) is 30.6 Å². The van der Waals surface area contributed by atoms with Gasteiger partial charge in [0.05, 0.1) is 12.1 Å². The molecule has 1 saturated carbocycles. The van der Waals surface area contributed by atoms with E-state index in [9.17, 15) is 27.5 Å². The van der Waals surface area contributed by atoms with Crippen LogP contribution in [0, 0.1) is 11.2 Å². The van der Waals surface area contributed by atoms with E-state index in [1.54, 1.807) is 11.8 Å². The minimum Gasteiger partial charge on any atom is -0.465 e. The van der Waals surface area contributed by atoms with E-state index >= 15 is 0 Å². The van der Waals surface area contributed by atoms with Crippen molar-refractivity contribution in [1.29, 1.82) is 0 Å². The van der Waals surface area contributed by atoms with Gasteiger partial charge in [-0.25, -0.2) is 22.6 Å². The molecule has 1 aromatic heterocycles. The lowest BCUT2D eigenvalue weighted by Crippen LogP contribution is -2.68. The number of carboxylic acid groups (broad SMARTS) is 1. The molecule has 1 aliphatic carbocycles. The van der Waals surface area contributed by atoms with E-state index < -0.39 is 28.0 Å². The molecule has 0 unspecified atom stereocenters. The molecular weight excluding hydrogens is 487 g/mol. The van der Waals surface area contributed by atoms with Crippen LogP contribution in [0.2, 0.25) is 5.15 Å². The molecule has 5 rings (SSSR count). The van der Waals surface area contributed by atoms with Crippen LogP contribution in [-0.4, -0.2) is 71.4 Å². The first-order chi connectivity index (χ1) is 16.0. The second-order valence-electron chi connectivity index (χ2n) is 9.23. The lowest BCUT2D eigenvalue weighted by Gasteiger charge is -2.60. The number of benzene rings is 1. The van der Waals surface area contributed by atoms with Crippen molar-refractivity contribution >= 4 is 39.4 Å². The Labute approximate surface area is 200 Å². The fourth-order valence-corrected chi connectivity index (χ4v) is 7.20. The highest BCUT2D eigenvalue weighted by Crippen LogP contribution is 2.52. The maximum absolute atomic E-state index is 14.0. The first kappa shape index (κ1) is 23.0. The Morgan fingerprint density at radius 3 is 2.53 bits per heavy atom. The minimum absolute atomic E-state index is 0.0131. The van der Waals surface area contributed by atoms with Gasteiger partial charge in [0.25, 0.3) is 5.91 Å². The van der Waals surface area contributed by atoms with Crippen molar-refractivity contribution in [2.24, 2.45) is 5.41 Å². The fraction of sp³-hybridized carbons (Fsp3) is 0.409. The number of carbonyl (C=O) groups is 2. The van der Waals surface area contributed by atoms with E-state index in [-0.39, 0.29) is 58.4 Å². The average Bonchev–Trinajstić information content (AvgIpc) is 2.81. The topological polar surface area (TPSA) is 111 Å². The lowest BCUT2D eigenvalue weighted by atomic mass is 9.61. The van der Waals surface area contributed by atoms with E-state index in [1.807, 2.05) is 0 Å². The van der Waals surface area contributed by atoms with Crippen molar-refractivity contribution in [1.82, 2.24) is 14.2 Å². The molecule has 0 bridgehead atoms. The average molecular weight is 509 g/mol. The van der Waals surface area contributed by atoms with Gasteiger partial charge in [-0.15, -0.1) is 0 Å². The zero-order valence-electron chi connectivity index (χ0n) is 18.2. The van der Waals surface area contributed by atoms with Crippen LogP contribution in [0.5, 0.6) is 0 Å². The van der Waals surface area contributed by atoms with Gasteiger partial charge in [-0.05, 0) is 44.0 Å². The first-order valence-corrected chi connectivity index (χ1v) is 12.6. The number of halogens is 2. The van der Waals surface area contributed by atoms with Crippen LogP contribution in [0.15, 0.2) is 41.3 Å². The third-order valence-corrected chi connectivity index (χ3v) is 8.96. The third kappa shape index (κ3) is 3.53. The molecule has 180 valence electrons. The van der Waals surface area contributed by atoms with E-state index in [0.29, 0.717) is 12.8 Å². The third-order valence-electron chi connectivity index (χ3n) is 6.92. The smallest absolute Gasteiger partial charge is 0.413 e. The van der Waals surface area contributed by atoms with E-state index in [2.05, 4.69) is 4.98 Å². The molecule has 1 saturated heterocycles. The molecule has 2 aliphatic heterocycles. The zero-order chi connectivity index (χ0) is 24.4. The molecule has 34 heavy (non-hydrogen) atoms. The normalized spacial score (nSPS) is 22.7. The van der Waals surface area contributed by atoms with Crippen molar-refractivity contribution in [2.75, 3.05) is 24.5 Å². The molecule has 2 aromatic rings. The van der Waals surface area contributed by atoms with Gasteiger partial charge >= 0.3 is 6.09 Å². The predicted octanol–water partition coefficient (Wildman–Crippen LogP) is 3.06. The fourth-order valence-electron chi connectivity index (χ4n) is 5.33. The van der Waals surface area contributed by atoms with E-state index in [1.165, 1.54) is 34.6 Å². The van der Waals surface area contributed by atoms with Crippen LogP contribution in [0.3, 0.4) is 0 Å². The summed E-state index contributed by atoms with van der Waals surface area (Å²) in [6.45, 7) is 2.33. The summed E-state index contributed by atoms with van der Waals surface area (Å²) in [5.41, 5.74) is -0.113. The molecule has 1 spiro atoms. The quantitative estimate of drug-likeness (QED) is 0.638. The molecule has 3 aliphatic rings. The number of carbonyl (C=O) groups excluding carboxylic acids is 1. The monoisotopic (exact) mass is 508 g/mol. The summed E-state index contributed by atoms with van der Waals surface area (Å²) in [6.07, 6.45) is -0.0680. The molecule has 2 amide bonds. The summed E-state index contributed by atoms with van der Waals surface area (Å²) in [5.74, 6) is -1.10. The van der Waals surface area contributed by atoms with Crippen LogP contribution in [0.25, 0.3) is 0 Å². The standard InChI is InChI=1S/C22H22ClFN4O5S/c1-13-10-27(21(30)31)19-15(6-7-18(23)25-19)20(29)28(13)14-8-22(9-14)11-26(12-22)34(32,33)17-5-3-2-4-16(17)24/h2-7,13-14H,8-12H2,1H3,(H,30,31)/t13-/m1/s1. The van der Waals surface area contributed by atoms with Gasteiger partial charge < -0.3 is 10.0 Å². The van der Waals surface area contributed by atoms with Crippen molar-refractivity contribution in [3.8, 4) is 0 Å². The highest BCUT2D eigenvalue weighted by atomic mass is 35.5. The predicted molar refractivity (Wildman–Crippen MR) is 121 cm³/mol. The lowest BCUT2D eigenvalue weighted by molar-refractivity contribution is -0.0729. The number of nitrogens with zero attached hydrogens (tertiary/aromatic N) is 4. The Bertz CT molecular complexity index is 1290. The Morgan fingerprint density at radius 1 is 1.21 bits per heavy atom. The maximum Gasteiger partial charge on any atom is 0.413 e. The first-order valence-electron chi connectivity index (χ1n) is 10.8. The number of rotatable bonds is 3.